The number of anilines is 1. The number of fused-ring (bicyclic) bond motifs is 2. The number of aliphatic hydroxyl groups is 1. The predicted octanol–water partition coefficient (Wildman–Crippen LogP) is 4.74. The molecule has 1 aromatic carbocycles. The summed E-state index contributed by atoms with van der Waals surface area (Å²) in [7, 11) is 0. The fourth-order valence-corrected chi connectivity index (χ4v) is 7.10. The van der Waals surface area contributed by atoms with Gasteiger partial charge in [-0.25, -0.2) is 9.78 Å². The van der Waals surface area contributed by atoms with Crippen LogP contribution in [-0.2, 0) is 20.4 Å². The van der Waals surface area contributed by atoms with Crippen LogP contribution >= 0.6 is 11.3 Å². The van der Waals surface area contributed by atoms with Crippen LogP contribution in [0.3, 0.4) is 0 Å². The number of aliphatic hydroxyl groups excluding tert-OH is 1. The molecule has 2 saturated heterocycles. The van der Waals surface area contributed by atoms with Gasteiger partial charge < -0.3 is 25.4 Å². The van der Waals surface area contributed by atoms with E-state index < -0.39 is 23.8 Å². The SMILES string of the molecule is CC(C)(C)OC(=O)N[C@@H]1C(=O)NC2CCN(c3nc(-c4ccc5c(c4)C(C)(C)CCC5(C)C)cs3)CC2[C@H]1O. The number of nitrogens with zero attached hydrogens (tertiary/aromatic N) is 2. The average molecular weight is 555 g/mol. The summed E-state index contributed by atoms with van der Waals surface area (Å²) in [6, 6.07) is 5.60. The maximum Gasteiger partial charge on any atom is 0.408 e. The predicted molar refractivity (Wildman–Crippen MR) is 154 cm³/mol. The number of hydrogen-bond donors (Lipinski definition) is 3. The molecule has 2 unspecified atom stereocenters. The lowest BCUT2D eigenvalue weighted by atomic mass is 9.63. The third-order valence-corrected chi connectivity index (χ3v) is 9.53. The van der Waals surface area contributed by atoms with Crippen molar-refractivity contribution in [1.29, 1.82) is 0 Å². The number of thiazole rings is 1. The van der Waals surface area contributed by atoms with E-state index in [1.807, 2.05) is 0 Å². The molecule has 0 spiro atoms. The first kappa shape index (κ1) is 27.9. The first-order chi connectivity index (χ1) is 18.1. The molecule has 8 nitrogen and oxygen atoms in total. The van der Waals surface area contributed by atoms with Crippen molar-refractivity contribution in [2.45, 2.75) is 102 Å². The summed E-state index contributed by atoms with van der Waals surface area (Å²) in [5.41, 5.74) is 4.54. The van der Waals surface area contributed by atoms with Gasteiger partial charge in [-0.3, -0.25) is 4.79 Å². The highest BCUT2D eigenvalue weighted by atomic mass is 32.1. The Balaban J connectivity index is 1.32. The summed E-state index contributed by atoms with van der Waals surface area (Å²) in [5, 5.41) is 19.7. The number of hydrogen-bond acceptors (Lipinski definition) is 7. The Hall–Kier alpha value is -2.65. The number of aromatic nitrogens is 1. The van der Waals surface area contributed by atoms with Crippen molar-refractivity contribution in [3.8, 4) is 11.3 Å². The van der Waals surface area contributed by atoms with Gasteiger partial charge in [0.25, 0.3) is 0 Å². The van der Waals surface area contributed by atoms with Gasteiger partial charge >= 0.3 is 6.09 Å². The topological polar surface area (TPSA) is 104 Å². The van der Waals surface area contributed by atoms with Gasteiger partial charge in [-0.15, -0.1) is 11.3 Å². The third-order valence-electron chi connectivity index (χ3n) is 8.63. The lowest BCUT2D eigenvalue weighted by Crippen LogP contribution is -2.68. The molecule has 212 valence electrons. The smallest absolute Gasteiger partial charge is 0.408 e. The monoisotopic (exact) mass is 554 g/mol. The Labute approximate surface area is 235 Å². The molecule has 0 saturated carbocycles. The van der Waals surface area contributed by atoms with E-state index in [9.17, 15) is 14.7 Å². The number of rotatable bonds is 3. The van der Waals surface area contributed by atoms with E-state index in [0.717, 1.165) is 29.4 Å². The van der Waals surface area contributed by atoms with Crippen molar-refractivity contribution in [3.63, 3.8) is 0 Å². The summed E-state index contributed by atoms with van der Waals surface area (Å²) in [4.78, 5) is 32.2. The molecule has 4 atom stereocenters. The van der Waals surface area contributed by atoms with Crippen LogP contribution < -0.4 is 15.5 Å². The second-order valence-electron chi connectivity index (χ2n) is 13.7. The number of amides is 2. The summed E-state index contributed by atoms with van der Waals surface area (Å²) in [6.45, 7) is 15.9. The van der Waals surface area contributed by atoms with Gasteiger partial charge in [0.1, 0.15) is 11.6 Å². The minimum absolute atomic E-state index is 0.132. The van der Waals surface area contributed by atoms with Gasteiger partial charge in [-0.1, -0.05) is 39.8 Å². The summed E-state index contributed by atoms with van der Waals surface area (Å²) >= 11 is 1.60. The molecule has 9 heteroatoms. The molecule has 3 N–H and O–H groups in total. The van der Waals surface area contributed by atoms with Crippen molar-refractivity contribution in [3.05, 3.63) is 34.7 Å². The van der Waals surface area contributed by atoms with Crippen LogP contribution in [0.15, 0.2) is 23.6 Å². The largest absolute Gasteiger partial charge is 0.444 e. The number of ether oxygens (including phenoxy) is 1. The van der Waals surface area contributed by atoms with E-state index in [0.29, 0.717) is 13.0 Å². The van der Waals surface area contributed by atoms with Crippen LogP contribution in [0.4, 0.5) is 9.93 Å². The molecule has 5 rings (SSSR count). The maximum atomic E-state index is 12.7. The molecule has 0 bridgehead atoms. The lowest BCUT2D eigenvalue weighted by molar-refractivity contribution is -0.133. The Morgan fingerprint density at radius 1 is 1.18 bits per heavy atom. The zero-order valence-corrected chi connectivity index (χ0v) is 24.9. The fraction of sp³-hybridized carbons (Fsp3) is 0.633. The van der Waals surface area contributed by atoms with E-state index >= 15 is 0 Å². The van der Waals surface area contributed by atoms with Gasteiger partial charge in [0.15, 0.2) is 5.13 Å². The summed E-state index contributed by atoms with van der Waals surface area (Å²) < 4.78 is 5.31. The third kappa shape index (κ3) is 5.53. The average Bonchev–Trinajstić information content (AvgIpc) is 3.34. The first-order valence-corrected chi connectivity index (χ1v) is 14.9. The highest BCUT2D eigenvalue weighted by Crippen LogP contribution is 2.47. The number of carbonyl (C=O) groups is 2. The molecular formula is C30H42N4O4S. The molecule has 2 aliphatic heterocycles. The molecular weight excluding hydrogens is 512 g/mol. The minimum Gasteiger partial charge on any atom is -0.444 e. The molecule has 0 radical (unpaired) electrons. The lowest BCUT2D eigenvalue weighted by Gasteiger charge is -2.46. The van der Waals surface area contributed by atoms with Crippen LogP contribution in [0.5, 0.6) is 0 Å². The highest BCUT2D eigenvalue weighted by molar-refractivity contribution is 7.14. The quantitative estimate of drug-likeness (QED) is 0.507. The standard InChI is InChI=1S/C30H42N4O4S/c1-28(2,3)38-27(37)33-23-24(35)18-15-34(13-10-21(18)31-25(23)36)26-32-22(16-39-26)17-8-9-19-20(14-17)30(6,7)12-11-29(19,4)5/h8-9,14,16,18,21,23-24,35H,10-13,15H2,1-7H3,(H,31,36)(H,33,37)/t18?,21?,23-,24+/m0/s1. The van der Waals surface area contributed by atoms with E-state index in [2.05, 4.69) is 66.8 Å². The van der Waals surface area contributed by atoms with Crippen molar-refractivity contribution in [2.24, 2.45) is 5.92 Å². The van der Waals surface area contributed by atoms with Crippen LogP contribution in [-0.4, -0.2) is 59.0 Å². The number of carbonyl (C=O) groups excluding carboxylic acids is 2. The van der Waals surface area contributed by atoms with Crippen LogP contribution in [0.25, 0.3) is 11.3 Å². The molecule has 1 aromatic heterocycles. The Morgan fingerprint density at radius 2 is 1.87 bits per heavy atom. The van der Waals surface area contributed by atoms with Gasteiger partial charge in [-0.05, 0) is 68.1 Å². The second kappa shape index (κ2) is 9.77. The molecule has 1 aliphatic carbocycles. The number of alkyl carbamates (subject to hydrolysis) is 1. The number of benzene rings is 1. The molecule has 3 heterocycles. The molecule has 3 aliphatic rings. The first-order valence-electron chi connectivity index (χ1n) is 14.0. The van der Waals surface area contributed by atoms with Crippen LogP contribution in [0, 0.1) is 5.92 Å². The van der Waals surface area contributed by atoms with Crippen molar-refractivity contribution < 1.29 is 19.4 Å². The minimum atomic E-state index is -1.06. The van der Waals surface area contributed by atoms with Gasteiger partial charge in [0.05, 0.1) is 11.8 Å². The molecule has 2 amide bonds. The Kier molecular flexibility index (Phi) is 6.99. The van der Waals surface area contributed by atoms with E-state index in [1.54, 1.807) is 32.1 Å². The normalized spacial score (nSPS) is 27.7. The highest BCUT2D eigenvalue weighted by Gasteiger charge is 2.47. The molecule has 2 fully saturated rings. The fourth-order valence-electron chi connectivity index (χ4n) is 6.23. The summed E-state index contributed by atoms with van der Waals surface area (Å²) in [5.74, 6) is -0.617. The Morgan fingerprint density at radius 3 is 2.56 bits per heavy atom. The molecule has 39 heavy (non-hydrogen) atoms. The van der Waals surface area contributed by atoms with E-state index in [-0.39, 0.29) is 28.7 Å². The van der Waals surface area contributed by atoms with E-state index in [1.165, 1.54) is 17.5 Å². The zero-order chi connectivity index (χ0) is 28.3. The van der Waals surface area contributed by atoms with E-state index in [4.69, 9.17) is 9.72 Å². The van der Waals surface area contributed by atoms with Gasteiger partial charge in [0, 0.05) is 36.0 Å². The van der Waals surface area contributed by atoms with Gasteiger partial charge in [-0.2, -0.15) is 0 Å². The van der Waals surface area contributed by atoms with Crippen molar-refractivity contribution in [1.82, 2.24) is 15.6 Å². The Bertz CT molecular complexity index is 1260. The van der Waals surface area contributed by atoms with Crippen LogP contribution in [0.1, 0.15) is 78.9 Å². The molecule has 2 aromatic rings. The maximum absolute atomic E-state index is 12.7. The second-order valence-corrected chi connectivity index (χ2v) is 14.5. The number of nitrogens with one attached hydrogen (secondary N) is 2. The zero-order valence-electron chi connectivity index (χ0n) is 24.1. The summed E-state index contributed by atoms with van der Waals surface area (Å²) in [6.07, 6.45) is 1.31. The number of piperidine rings is 2. The van der Waals surface area contributed by atoms with Crippen LogP contribution in [0.2, 0.25) is 0 Å². The van der Waals surface area contributed by atoms with Crippen molar-refractivity contribution >= 4 is 28.5 Å². The van der Waals surface area contributed by atoms with Gasteiger partial charge in [0.2, 0.25) is 5.91 Å². The van der Waals surface area contributed by atoms with Crippen molar-refractivity contribution in [2.75, 3.05) is 18.0 Å².